The minimum Gasteiger partial charge on any atom is -0.352 e. The number of rotatable bonds is 5. The number of amides is 3. The van der Waals surface area contributed by atoms with Crippen LogP contribution in [0.5, 0.6) is 0 Å². The first-order valence-electron chi connectivity index (χ1n) is 9.00. The Bertz CT molecular complexity index is 591. The predicted molar refractivity (Wildman–Crippen MR) is 95.2 cm³/mol. The quantitative estimate of drug-likeness (QED) is 0.902. The molecule has 130 valence electrons. The average Bonchev–Trinajstić information content (AvgIpc) is 3.18. The minimum absolute atomic E-state index is 0.0349. The van der Waals surface area contributed by atoms with Crippen LogP contribution in [0.15, 0.2) is 24.3 Å². The summed E-state index contributed by atoms with van der Waals surface area (Å²) in [6, 6.07) is 8.36. The van der Waals surface area contributed by atoms with Gasteiger partial charge in [0.1, 0.15) is 6.54 Å². The summed E-state index contributed by atoms with van der Waals surface area (Å²) in [4.78, 5) is 28.1. The molecule has 0 unspecified atom stereocenters. The second kappa shape index (κ2) is 7.24. The van der Waals surface area contributed by atoms with Crippen molar-refractivity contribution < 1.29 is 9.59 Å². The SMILES string of the molecule is CC(C)c1ccc(N2CCN(CC(=O)NC3CCCC3)C2=O)cc1. The Hall–Kier alpha value is -2.04. The Morgan fingerprint density at radius 3 is 2.46 bits per heavy atom. The molecule has 2 aliphatic rings. The van der Waals surface area contributed by atoms with E-state index in [2.05, 4.69) is 31.3 Å². The first-order valence-corrected chi connectivity index (χ1v) is 9.00. The number of carbonyl (C=O) groups is 2. The van der Waals surface area contributed by atoms with E-state index in [9.17, 15) is 9.59 Å². The Labute approximate surface area is 144 Å². The smallest absolute Gasteiger partial charge is 0.325 e. The van der Waals surface area contributed by atoms with Crippen LogP contribution >= 0.6 is 0 Å². The molecule has 0 atom stereocenters. The highest BCUT2D eigenvalue weighted by Gasteiger charge is 2.31. The summed E-state index contributed by atoms with van der Waals surface area (Å²) >= 11 is 0. The minimum atomic E-state index is -0.0751. The highest BCUT2D eigenvalue weighted by Crippen LogP contribution is 2.23. The van der Waals surface area contributed by atoms with Gasteiger partial charge in [0.05, 0.1) is 0 Å². The fourth-order valence-electron chi connectivity index (χ4n) is 3.52. The van der Waals surface area contributed by atoms with Crippen molar-refractivity contribution in [2.45, 2.75) is 51.5 Å². The molecule has 0 bridgehead atoms. The third-order valence-electron chi connectivity index (χ3n) is 5.02. The first kappa shape index (κ1) is 16.8. The molecule has 3 rings (SSSR count). The topological polar surface area (TPSA) is 52.6 Å². The average molecular weight is 329 g/mol. The van der Waals surface area contributed by atoms with Gasteiger partial charge < -0.3 is 10.2 Å². The molecule has 5 heteroatoms. The zero-order chi connectivity index (χ0) is 17.1. The van der Waals surface area contributed by atoms with Crippen LogP contribution < -0.4 is 10.2 Å². The Morgan fingerprint density at radius 1 is 1.17 bits per heavy atom. The molecule has 0 aromatic heterocycles. The maximum atomic E-state index is 12.6. The normalized spacial score (nSPS) is 18.7. The van der Waals surface area contributed by atoms with Gasteiger partial charge in [0, 0.05) is 24.8 Å². The fraction of sp³-hybridized carbons (Fsp3) is 0.579. The van der Waals surface area contributed by atoms with E-state index >= 15 is 0 Å². The molecule has 1 aromatic carbocycles. The van der Waals surface area contributed by atoms with Crippen LogP contribution in [0.4, 0.5) is 10.5 Å². The fourth-order valence-corrected chi connectivity index (χ4v) is 3.52. The van der Waals surface area contributed by atoms with Gasteiger partial charge in [-0.25, -0.2) is 4.79 Å². The highest BCUT2D eigenvalue weighted by molar-refractivity contribution is 5.96. The maximum Gasteiger partial charge on any atom is 0.325 e. The van der Waals surface area contributed by atoms with E-state index in [1.54, 1.807) is 9.80 Å². The number of nitrogens with one attached hydrogen (secondary N) is 1. The number of carbonyl (C=O) groups excluding carboxylic acids is 2. The monoisotopic (exact) mass is 329 g/mol. The van der Waals surface area contributed by atoms with Crippen LogP contribution in [-0.4, -0.2) is 42.5 Å². The van der Waals surface area contributed by atoms with Crippen LogP contribution in [0.3, 0.4) is 0 Å². The van der Waals surface area contributed by atoms with Crippen LogP contribution in [0, 0.1) is 0 Å². The standard InChI is InChI=1S/C19H27N3O2/c1-14(2)15-7-9-17(10-8-15)22-12-11-21(19(22)24)13-18(23)20-16-5-3-4-6-16/h7-10,14,16H,3-6,11-13H2,1-2H3,(H,20,23). The van der Waals surface area contributed by atoms with Crippen molar-refractivity contribution in [2.75, 3.05) is 24.5 Å². The summed E-state index contributed by atoms with van der Waals surface area (Å²) in [6.45, 7) is 5.71. The van der Waals surface area contributed by atoms with Gasteiger partial charge >= 0.3 is 6.03 Å². The summed E-state index contributed by atoms with van der Waals surface area (Å²) in [5, 5.41) is 3.05. The Balaban J connectivity index is 1.57. The van der Waals surface area contributed by atoms with Crippen molar-refractivity contribution in [1.82, 2.24) is 10.2 Å². The van der Waals surface area contributed by atoms with Crippen molar-refractivity contribution >= 4 is 17.6 Å². The molecule has 1 aliphatic carbocycles. The van der Waals surface area contributed by atoms with E-state index in [1.165, 1.54) is 18.4 Å². The molecule has 5 nitrogen and oxygen atoms in total. The number of anilines is 1. The predicted octanol–water partition coefficient (Wildman–Crippen LogP) is 3.11. The summed E-state index contributed by atoms with van der Waals surface area (Å²) < 4.78 is 0. The lowest BCUT2D eigenvalue weighted by atomic mass is 10.0. The third kappa shape index (κ3) is 3.71. The lowest BCUT2D eigenvalue weighted by molar-refractivity contribution is -0.122. The van der Waals surface area contributed by atoms with E-state index in [0.717, 1.165) is 18.5 Å². The number of hydrogen-bond acceptors (Lipinski definition) is 2. The van der Waals surface area contributed by atoms with Crippen molar-refractivity contribution in [3.63, 3.8) is 0 Å². The third-order valence-corrected chi connectivity index (χ3v) is 5.02. The molecular formula is C19H27N3O2. The van der Waals surface area contributed by atoms with Crippen molar-refractivity contribution in [3.05, 3.63) is 29.8 Å². The summed E-state index contributed by atoms with van der Waals surface area (Å²) in [7, 11) is 0. The molecule has 1 aromatic rings. The highest BCUT2D eigenvalue weighted by atomic mass is 16.2. The van der Waals surface area contributed by atoms with Gasteiger partial charge in [-0.15, -0.1) is 0 Å². The van der Waals surface area contributed by atoms with E-state index < -0.39 is 0 Å². The zero-order valence-electron chi connectivity index (χ0n) is 14.6. The molecule has 1 aliphatic heterocycles. The largest absolute Gasteiger partial charge is 0.352 e. The van der Waals surface area contributed by atoms with Crippen molar-refractivity contribution in [3.8, 4) is 0 Å². The molecule has 0 spiro atoms. The molecule has 1 saturated heterocycles. The van der Waals surface area contributed by atoms with Crippen molar-refractivity contribution in [1.29, 1.82) is 0 Å². The van der Waals surface area contributed by atoms with E-state index in [4.69, 9.17) is 0 Å². The van der Waals surface area contributed by atoms with Gasteiger partial charge in [-0.2, -0.15) is 0 Å². The van der Waals surface area contributed by atoms with Gasteiger partial charge in [0.15, 0.2) is 0 Å². The van der Waals surface area contributed by atoms with E-state index in [-0.39, 0.29) is 18.5 Å². The first-order chi connectivity index (χ1) is 11.5. The molecule has 3 amide bonds. The van der Waals surface area contributed by atoms with Crippen molar-refractivity contribution in [2.24, 2.45) is 0 Å². The van der Waals surface area contributed by atoms with Gasteiger partial charge in [0.2, 0.25) is 5.91 Å². The second-order valence-corrected chi connectivity index (χ2v) is 7.15. The number of hydrogen-bond donors (Lipinski definition) is 1. The molecule has 24 heavy (non-hydrogen) atoms. The van der Waals surface area contributed by atoms with E-state index in [0.29, 0.717) is 25.0 Å². The maximum absolute atomic E-state index is 12.6. The summed E-state index contributed by atoms with van der Waals surface area (Å²) in [6.07, 6.45) is 4.50. The van der Waals surface area contributed by atoms with Crippen LogP contribution in [0.2, 0.25) is 0 Å². The molecular weight excluding hydrogens is 302 g/mol. The number of urea groups is 1. The summed E-state index contributed by atoms with van der Waals surface area (Å²) in [5.74, 6) is 0.441. The molecule has 0 radical (unpaired) electrons. The second-order valence-electron chi connectivity index (χ2n) is 7.15. The number of benzene rings is 1. The Kier molecular flexibility index (Phi) is 5.07. The summed E-state index contributed by atoms with van der Waals surface area (Å²) in [5.41, 5.74) is 2.17. The van der Waals surface area contributed by atoms with Gasteiger partial charge in [-0.1, -0.05) is 38.8 Å². The zero-order valence-corrected chi connectivity index (χ0v) is 14.6. The van der Waals surface area contributed by atoms with Gasteiger partial charge in [0.25, 0.3) is 0 Å². The number of nitrogens with zero attached hydrogens (tertiary/aromatic N) is 2. The van der Waals surface area contributed by atoms with E-state index in [1.807, 2.05) is 12.1 Å². The lowest BCUT2D eigenvalue weighted by Gasteiger charge is -2.20. The molecule has 1 saturated carbocycles. The van der Waals surface area contributed by atoms with Crippen LogP contribution in [0.1, 0.15) is 51.0 Å². The van der Waals surface area contributed by atoms with Crippen LogP contribution in [-0.2, 0) is 4.79 Å². The van der Waals surface area contributed by atoms with Crippen LogP contribution in [0.25, 0.3) is 0 Å². The Morgan fingerprint density at radius 2 is 1.83 bits per heavy atom. The molecule has 2 fully saturated rings. The van der Waals surface area contributed by atoms with Gasteiger partial charge in [-0.3, -0.25) is 9.69 Å². The molecule has 1 heterocycles. The lowest BCUT2D eigenvalue weighted by Crippen LogP contribution is -2.42. The van der Waals surface area contributed by atoms with Gasteiger partial charge in [-0.05, 0) is 36.5 Å². The molecule has 1 N–H and O–H groups in total.